The van der Waals surface area contributed by atoms with Gasteiger partial charge in [0.2, 0.25) is 5.95 Å². The lowest BCUT2D eigenvalue weighted by Crippen LogP contribution is -2.08. The van der Waals surface area contributed by atoms with E-state index in [-0.39, 0.29) is 0 Å². The van der Waals surface area contributed by atoms with Gasteiger partial charge in [-0.2, -0.15) is 0 Å². The van der Waals surface area contributed by atoms with Crippen LogP contribution in [-0.4, -0.2) is 20.2 Å². The molecule has 0 amide bonds. The molecule has 2 aromatic rings. The summed E-state index contributed by atoms with van der Waals surface area (Å²) in [5, 5.41) is 11.0. The van der Waals surface area contributed by atoms with Crippen LogP contribution in [0.3, 0.4) is 0 Å². The van der Waals surface area contributed by atoms with E-state index < -0.39 is 0 Å². The highest BCUT2D eigenvalue weighted by Gasteiger charge is 2.04. The Morgan fingerprint density at radius 2 is 2.00 bits per heavy atom. The Kier molecular flexibility index (Phi) is 2.62. The Labute approximate surface area is 87.9 Å². The summed E-state index contributed by atoms with van der Waals surface area (Å²) in [5.41, 5.74) is 8.11. The lowest BCUT2D eigenvalue weighted by atomic mass is 10.1. The van der Waals surface area contributed by atoms with Crippen LogP contribution in [0.4, 0.5) is 5.95 Å². The monoisotopic (exact) mass is 203 g/mol. The molecular formula is C10H13N5. The van der Waals surface area contributed by atoms with Crippen molar-refractivity contribution in [3.63, 3.8) is 0 Å². The first-order valence-corrected chi connectivity index (χ1v) is 4.89. The minimum Gasteiger partial charge on any atom is -0.367 e. The van der Waals surface area contributed by atoms with E-state index in [0.717, 1.165) is 6.42 Å². The summed E-state index contributed by atoms with van der Waals surface area (Å²) in [7, 11) is 0. The zero-order valence-corrected chi connectivity index (χ0v) is 8.59. The zero-order valence-electron chi connectivity index (χ0n) is 8.59. The summed E-state index contributed by atoms with van der Waals surface area (Å²) >= 11 is 0. The molecule has 1 heterocycles. The summed E-state index contributed by atoms with van der Waals surface area (Å²) in [5.74, 6) is 0.348. The van der Waals surface area contributed by atoms with Crippen molar-refractivity contribution >= 4 is 5.95 Å². The smallest absolute Gasteiger partial charge is 0.240 e. The van der Waals surface area contributed by atoms with Gasteiger partial charge in [0, 0.05) is 0 Å². The summed E-state index contributed by atoms with van der Waals surface area (Å²) in [6.07, 6.45) is 0.998. The van der Waals surface area contributed by atoms with Crippen molar-refractivity contribution in [2.45, 2.75) is 19.9 Å². The van der Waals surface area contributed by atoms with Gasteiger partial charge in [-0.3, -0.25) is 0 Å². The van der Waals surface area contributed by atoms with Crippen LogP contribution in [-0.2, 0) is 13.0 Å². The largest absolute Gasteiger partial charge is 0.367 e. The first kappa shape index (κ1) is 9.64. The van der Waals surface area contributed by atoms with Crippen LogP contribution < -0.4 is 5.73 Å². The highest BCUT2D eigenvalue weighted by atomic mass is 15.6. The first-order valence-electron chi connectivity index (χ1n) is 4.89. The summed E-state index contributed by atoms with van der Waals surface area (Å²) in [6, 6.07) is 8.22. The third-order valence-electron chi connectivity index (χ3n) is 2.38. The molecule has 0 bridgehead atoms. The van der Waals surface area contributed by atoms with Crippen molar-refractivity contribution < 1.29 is 0 Å². The first-order chi connectivity index (χ1) is 7.31. The second kappa shape index (κ2) is 4.08. The summed E-state index contributed by atoms with van der Waals surface area (Å²) in [6.45, 7) is 2.75. The maximum atomic E-state index is 5.61. The average molecular weight is 203 g/mol. The van der Waals surface area contributed by atoms with Crippen molar-refractivity contribution in [1.82, 2.24) is 20.2 Å². The molecule has 0 saturated heterocycles. The number of hydrogen-bond acceptors (Lipinski definition) is 4. The molecule has 0 atom stereocenters. The zero-order chi connectivity index (χ0) is 10.7. The molecule has 0 fully saturated rings. The van der Waals surface area contributed by atoms with Crippen molar-refractivity contribution in [3.8, 4) is 0 Å². The number of rotatable bonds is 3. The van der Waals surface area contributed by atoms with E-state index in [1.807, 2.05) is 12.1 Å². The van der Waals surface area contributed by atoms with Crippen LogP contribution in [0.2, 0.25) is 0 Å². The van der Waals surface area contributed by atoms with E-state index in [9.17, 15) is 0 Å². The van der Waals surface area contributed by atoms with Crippen LogP contribution in [0.5, 0.6) is 0 Å². The quantitative estimate of drug-likeness (QED) is 0.803. The number of nitrogen functional groups attached to an aromatic ring is 1. The molecule has 0 radical (unpaired) electrons. The molecule has 0 aliphatic carbocycles. The van der Waals surface area contributed by atoms with Gasteiger partial charge in [-0.15, -0.1) is 0 Å². The lowest BCUT2D eigenvalue weighted by Gasteiger charge is -2.07. The van der Waals surface area contributed by atoms with Gasteiger partial charge in [0.25, 0.3) is 0 Å². The normalized spacial score (nSPS) is 10.5. The van der Waals surface area contributed by atoms with Crippen LogP contribution in [0, 0.1) is 0 Å². The number of benzene rings is 1. The minimum atomic E-state index is 0.348. The van der Waals surface area contributed by atoms with E-state index in [2.05, 4.69) is 34.6 Å². The number of anilines is 1. The molecule has 0 unspecified atom stereocenters. The molecule has 1 aromatic heterocycles. The fraction of sp³-hybridized carbons (Fsp3) is 0.300. The van der Waals surface area contributed by atoms with Crippen LogP contribution in [0.15, 0.2) is 24.3 Å². The van der Waals surface area contributed by atoms with Gasteiger partial charge in [-0.25, -0.2) is 4.68 Å². The molecule has 78 valence electrons. The maximum absolute atomic E-state index is 5.61. The molecule has 0 aliphatic rings. The van der Waals surface area contributed by atoms with E-state index >= 15 is 0 Å². The molecule has 1 aromatic carbocycles. The SMILES string of the molecule is CCc1ccccc1Cn1nnnc1N. The Bertz CT molecular complexity index is 449. The van der Waals surface area contributed by atoms with Crippen LogP contribution in [0.1, 0.15) is 18.1 Å². The van der Waals surface area contributed by atoms with Gasteiger partial charge in [-0.1, -0.05) is 36.3 Å². The van der Waals surface area contributed by atoms with Gasteiger partial charge in [0.1, 0.15) is 0 Å². The average Bonchev–Trinajstić information content (AvgIpc) is 2.65. The van der Waals surface area contributed by atoms with E-state index in [1.165, 1.54) is 11.1 Å². The number of tetrazole rings is 1. The van der Waals surface area contributed by atoms with Gasteiger partial charge in [-0.05, 0) is 28.0 Å². The van der Waals surface area contributed by atoms with Gasteiger partial charge >= 0.3 is 0 Å². The molecule has 0 spiro atoms. The molecule has 5 heteroatoms. The molecule has 0 aliphatic heterocycles. The predicted octanol–water partition coefficient (Wildman–Crippen LogP) is 0.866. The van der Waals surface area contributed by atoms with Gasteiger partial charge < -0.3 is 5.73 Å². The lowest BCUT2D eigenvalue weighted by molar-refractivity contribution is 0.651. The van der Waals surface area contributed by atoms with Crippen molar-refractivity contribution in [1.29, 1.82) is 0 Å². The molecule has 5 nitrogen and oxygen atoms in total. The fourth-order valence-electron chi connectivity index (χ4n) is 1.54. The maximum Gasteiger partial charge on any atom is 0.240 e. The number of aromatic nitrogens is 4. The van der Waals surface area contributed by atoms with Crippen molar-refractivity contribution in [2.75, 3.05) is 5.73 Å². The van der Waals surface area contributed by atoms with E-state index in [4.69, 9.17) is 5.73 Å². The van der Waals surface area contributed by atoms with E-state index in [1.54, 1.807) is 4.68 Å². The molecular weight excluding hydrogens is 190 g/mol. The fourth-order valence-corrected chi connectivity index (χ4v) is 1.54. The predicted molar refractivity (Wildman–Crippen MR) is 57.2 cm³/mol. The molecule has 2 rings (SSSR count). The van der Waals surface area contributed by atoms with E-state index in [0.29, 0.717) is 12.5 Å². The highest BCUT2D eigenvalue weighted by Crippen LogP contribution is 2.11. The molecule has 15 heavy (non-hydrogen) atoms. The van der Waals surface area contributed by atoms with Crippen LogP contribution >= 0.6 is 0 Å². The Balaban J connectivity index is 2.28. The second-order valence-corrected chi connectivity index (χ2v) is 3.32. The number of hydrogen-bond donors (Lipinski definition) is 1. The number of aryl methyl sites for hydroxylation is 1. The Morgan fingerprint density at radius 3 is 2.60 bits per heavy atom. The van der Waals surface area contributed by atoms with Gasteiger partial charge in [0.05, 0.1) is 6.54 Å². The summed E-state index contributed by atoms with van der Waals surface area (Å²) in [4.78, 5) is 0. The number of nitrogens with zero attached hydrogens (tertiary/aromatic N) is 4. The topological polar surface area (TPSA) is 69.6 Å². The Morgan fingerprint density at radius 1 is 1.27 bits per heavy atom. The number of nitrogens with two attached hydrogens (primary N) is 1. The van der Waals surface area contributed by atoms with Crippen molar-refractivity contribution in [2.24, 2.45) is 0 Å². The third-order valence-corrected chi connectivity index (χ3v) is 2.38. The summed E-state index contributed by atoms with van der Waals surface area (Å²) < 4.78 is 1.59. The van der Waals surface area contributed by atoms with Crippen molar-refractivity contribution in [3.05, 3.63) is 35.4 Å². The molecule has 2 N–H and O–H groups in total. The van der Waals surface area contributed by atoms with Crippen LogP contribution in [0.25, 0.3) is 0 Å². The standard InChI is InChI=1S/C10H13N5/c1-2-8-5-3-4-6-9(8)7-15-10(11)12-13-14-15/h3-6H,2,7H2,1H3,(H2,11,12,14). The highest BCUT2D eigenvalue weighted by molar-refractivity contribution is 5.28. The van der Waals surface area contributed by atoms with Gasteiger partial charge in [0.15, 0.2) is 0 Å². The third kappa shape index (κ3) is 1.96. The minimum absolute atomic E-state index is 0.348. The molecule has 0 saturated carbocycles. The Hall–Kier alpha value is -1.91. The second-order valence-electron chi connectivity index (χ2n) is 3.32.